The average Bonchev–Trinajstić information content (AvgIpc) is 3.16. The molecule has 0 fully saturated rings. The van der Waals surface area contributed by atoms with E-state index < -0.39 is 71.9 Å². The number of carboxylic acids is 3. The molecular formula is C42H75O15Y. The molecule has 0 rings (SSSR count). The van der Waals surface area contributed by atoms with Gasteiger partial charge in [-0.15, -0.1) is 0 Å². The topological polar surface area (TPSA) is 227 Å². The van der Waals surface area contributed by atoms with E-state index in [4.69, 9.17) is 28.4 Å². The zero-order valence-electron chi connectivity index (χ0n) is 37.2. The largest absolute Gasteiger partial charge is 3.00 e. The summed E-state index contributed by atoms with van der Waals surface area (Å²) in [6.07, 6.45) is 9.29. The monoisotopic (exact) mass is 908 g/mol. The number of rotatable bonds is 36. The quantitative estimate of drug-likeness (QED) is 0.0485. The number of unbranched alkanes of at least 4 members (excludes halogenated alkanes) is 6. The van der Waals surface area contributed by atoms with Gasteiger partial charge in [0, 0.05) is 37.2 Å². The third kappa shape index (κ3) is 28.7. The van der Waals surface area contributed by atoms with Gasteiger partial charge in [-0.3, -0.25) is 14.4 Å². The van der Waals surface area contributed by atoms with Gasteiger partial charge in [0.05, 0.1) is 58.9 Å². The predicted octanol–water partition coefficient (Wildman–Crippen LogP) is 4.30. The molecule has 0 heterocycles. The summed E-state index contributed by atoms with van der Waals surface area (Å²) in [5.74, 6) is -10.2. The molecule has 0 aliphatic carbocycles. The summed E-state index contributed by atoms with van der Waals surface area (Å²) in [7, 11) is 0. The summed E-state index contributed by atoms with van der Waals surface area (Å²) in [6.45, 7) is 19.6. The van der Waals surface area contributed by atoms with Gasteiger partial charge in [0.25, 0.3) is 0 Å². The summed E-state index contributed by atoms with van der Waals surface area (Å²) in [5.41, 5.74) is 0. The van der Waals surface area contributed by atoms with Crippen molar-refractivity contribution in [3.63, 3.8) is 0 Å². The van der Waals surface area contributed by atoms with Crippen LogP contribution in [0.3, 0.4) is 0 Å². The van der Waals surface area contributed by atoms with Gasteiger partial charge < -0.3 is 58.1 Å². The van der Waals surface area contributed by atoms with Crippen LogP contribution in [0.2, 0.25) is 0 Å². The van der Waals surface area contributed by atoms with E-state index in [1.54, 1.807) is 20.8 Å². The molecule has 0 atom stereocenters. The number of hydrogen-bond donors (Lipinski definition) is 0. The molecular weight excluding hydrogens is 833 g/mol. The van der Waals surface area contributed by atoms with E-state index >= 15 is 0 Å². The third-order valence-corrected chi connectivity index (χ3v) is 8.58. The van der Waals surface area contributed by atoms with Crippen molar-refractivity contribution in [2.24, 2.45) is 0 Å². The minimum Gasteiger partial charge on any atom is -0.550 e. The van der Waals surface area contributed by atoms with Crippen molar-refractivity contribution in [1.82, 2.24) is 0 Å². The van der Waals surface area contributed by atoms with Gasteiger partial charge in [-0.25, -0.2) is 0 Å². The summed E-state index contributed by atoms with van der Waals surface area (Å²) < 4.78 is 33.4. The van der Waals surface area contributed by atoms with Crippen LogP contribution >= 0.6 is 0 Å². The summed E-state index contributed by atoms with van der Waals surface area (Å²) in [5, 5.41) is 31.8. The minimum absolute atomic E-state index is 0. The Morgan fingerprint density at radius 3 is 0.603 bits per heavy atom. The maximum absolute atomic E-state index is 12.0. The number of aliphatic carboxylic acids is 3. The average molecular weight is 909 g/mol. The molecule has 0 aromatic rings. The molecule has 0 saturated carbocycles. The molecule has 0 bridgehead atoms. The van der Waals surface area contributed by atoms with Gasteiger partial charge in [0.1, 0.15) is 0 Å². The second-order valence-electron chi connectivity index (χ2n) is 13.4. The molecule has 0 amide bonds. The summed E-state index contributed by atoms with van der Waals surface area (Å²) in [6, 6.07) is 0. The van der Waals surface area contributed by atoms with Crippen LogP contribution in [0.1, 0.15) is 178 Å². The third-order valence-electron chi connectivity index (χ3n) is 8.58. The number of carbonyl (C=O) groups is 6. The van der Waals surface area contributed by atoms with Gasteiger partial charge in [0.2, 0.25) is 17.4 Å². The molecule has 0 aromatic carbocycles. The molecule has 0 spiro atoms. The Morgan fingerprint density at radius 2 is 0.500 bits per heavy atom. The fourth-order valence-corrected chi connectivity index (χ4v) is 4.90. The van der Waals surface area contributed by atoms with Crippen LogP contribution in [0.25, 0.3) is 0 Å². The first-order chi connectivity index (χ1) is 27.1. The van der Waals surface area contributed by atoms with E-state index in [-0.39, 0.29) is 32.7 Å². The Kier molecular flexibility index (Phi) is 42.8. The van der Waals surface area contributed by atoms with E-state index in [1.165, 1.54) is 0 Å². The Hall–Kier alpha value is -1.72. The van der Waals surface area contributed by atoms with E-state index in [0.29, 0.717) is 58.9 Å². The fraction of sp³-hybridized carbons (Fsp3) is 0.857. The molecule has 58 heavy (non-hydrogen) atoms. The van der Waals surface area contributed by atoms with Crippen molar-refractivity contribution in [3.05, 3.63) is 0 Å². The number of Topliss-reactive ketones (excluding diaryl/α,β-unsaturated/α-hetero) is 3. The first-order valence-electron chi connectivity index (χ1n) is 21.1. The predicted molar refractivity (Wildman–Crippen MR) is 208 cm³/mol. The van der Waals surface area contributed by atoms with E-state index in [1.807, 2.05) is 41.5 Å². The standard InChI is InChI=1S/3C14H26O5.Y/c3*1-4-7-9-18-14(6-3,19-10-8-5-2)12(15)11-13(16)17;/h3*4-11H2,1-3H3,(H,16,17);/q;;;+3/p-3. The van der Waals surface area contributed by atoms with Crippen molar-refractivity contribution in [3.8, 4) is 0 Å². The molecule has 0 radical (unpaired) electrons. The molecule has 0 saturated heterocycles. The second-order valence-corrected chi connectivity index (χ2v) is 13.4. The van der Waals surface area contributed by atoms with Crippen molar-refractivity contribution >= 4 is 35.3 Å². The van der Waals surface area contributed by atoms with Gasteiger partial charge >= 0.3 is 32.7 Å². The van der Waals surface area contributed by atoms with Crippen molar-refractivity contribution < 1.29 is 105 Å². The molecule has 0 unspecified atom stereocenters. The molecule has 15 nitrogen and oxygen atoms in total. The van der Waals surface area contributed by atoms with E-state index in [0.717, 1.165) is 77.0 Å². The zero-order valence-corrected chi connectivity index (χ0v) is 40.0. The van der Waals surface area contributed by atoms with Crippen LogP contribution < -0.4 is 15.3 Å². The molecule has 0 aliphatic rings. The van der Waals surface area contributed by atoms with Crippen molar-refractivity contribution in [2.45, 2.75) is 195 Å². The molecule has 0 aliphatic heterocycles. The zero-order chi connectivity index (χ0) is 44.2. The number of ketones is 3. The first kappa shape index (κ1) is 62.9. The van der Waals surface area contributed by atoms with Crippen LogP contribution in [0.4, 0.5) is 0 Å². The fourth-order valence-electron chi connectivity index (χ4n) is 4.90. The Bertz CT molecular complexity index is 935. The molecule has 0 N–H and O–H groups in total. The van der Waals surface area contributed by atoms with E-state index in [2.05, 4.69) is 0 Å². The van der Waals surface area contributed by atoms with Crippen LogP contribution in [0.5, 0.6) is 0 Å². The van der Waals surface area contributed by atoms with Crippen molar-refractivity contribution in [2.75, 3.05) is 39.6 Å². The number of ether oxygens (including phenoxy) is 6. The van der Waals surface area contributed by atoms with Gasteiger partial charge in [-0.05, 0) is 38.5 Å². The molecule has 336 valence electrons. The number of carbonyl (C=O) groups excluding carboxylic acids is 6. The number of carboxylic acid groups (broad SMARTS) is 3. The molecule has 0 aromatic heterocycles. The van der Waals surface area contributed by atoms with Crippen LogP contribution in [0, 0.1) is 0 Å². The molecule has 16 heteroatoms. The Morgan fingerprint density at radius 1 is 0.345 bits per heavy atom. The summed E-state index contributed by atoms with van der Waals surface area (Å²) in [4.78, 5) is 67.8. The Labute approximate surface area is 373 Å². The van der Waals surface area contributed by atoms with Crippen LogP contribution in [-0.2, 0) is 89.9 Å². The summed E-state index contributed by atoms with van der Waals surface area (Å²) >= 11 is 0. The first-order valence-corrected chi connectivity index (χ1v) is 21.1. The van der Waals surface area contributed by atoms with Crippen LogP contribution in [-0.4, -0.2) is 92.3 Å². The normalized spacial score (nSPS) is 11.3. The maximum Gasteiger partial charge on any atom is 3.00 e. The smallest absolute Gasteiger partial charge is 0.550 e. The SMILES string of the molecule is CCCCOC(CC)(OCCCC)C(=O)CC(=O)[O-].CCCCOC(CC)(OCCCC)C(=O)CC(=O)[O-].CCCCOC(CC)(OCCCC)C(=O)CC(=O)[O-].[Y+3]. The van der Waals surface area contributed by atoms with Gasteiger partial charge in [0.15, 0.2) is 17.3 Å². The maximum atomic E-state index is 12.0. The van der Waals surface area contributed by atoms with Crippen molar-refractivity contribution in [1.29, 1.82) is 0 Å². The van der Waals surface area contributed by atoms with Gasteiger partial charge in [-0.1, -0.05) is 101 Å². The Balaban J connectivity index is -0.000000374. The minimum atomic E-state index is -1.43. The van der Waals surface area contributed by atoms with Gasteiger partial charge in [-0.2, -0.15) is 0 Å². The van der Waals surface area contributed by atoms with Crippen LogP contribution in [0.15, 0.2) is 0 Å². The second kappa shape index (κ2) is 39.4. The van der Waals surface area contributed by atoms with E-state index in [9.17, 15) is 44.1 Å². The number of hydrogen-bond acceptors (Lipinski definition) is 15.